The van der Waals surface area contributed by atoms with Gasteiger partial charge >= 0.3 is 0 Å². The SMILES string of the molecule is CCCCCCCCCCCCCCC(=O)N[C@H](NC(=S)Nc1ccc(Br)cc1)C(Cl)(Cl)Cl. The molecule has 188 valence electrons. The van der Waals surface area contributed by atoms with Crippen molar-refractivity contribution in [3.8, 4) is 0 Å². The Morgan fingerprint density at radius 2 is 1.36 bits per heavy atom. The highest BCUT2D eigenvalue weighted by atomic mass is 79.9. The van der Waals surface area contributed by atoms with Gasteiger partial charge in [0.25, 0.3) is 0 Å². The van der Waals surface area contributed by atoms with Crippen LogP contribution < -0.4 is 16.0 Å². The monoisotopic (exact) mass is 599 g/mol. The Bertz CT molecular complexity index is 687. The van der Waals surface area contributed by atoms with Crippen LogP contribution in [0, 0.1) is 0 Å². The van der Waals surface area contributed by atoms with Crippen molar-refractivity contribution in [2.75, 3.05) is 5.32 Å². The number of halogens is 4. The number of alkyl halides is 3. The molecule has 1 rings (SSSR count). The Morgan fingerprint density at radius 1 is 0.879 bits per heavy atom. The fraction of sp³-hybridized carbons (Fsp3) is 0.667. The smallest absolute Gasteiger partial charge is 0.228 e. The van der Waals surface area contributed by atoms with Gasteiger partial charge in [0.15, 0.2) is 5.11 Å². The van der Waals surface area contributed by atoms with E-state index in [0.29, 0.717) is 6.42 Å². The number of nitrogens with one attached hydrogen (secondary N) is 3. The highest BCUT2D eigenvalue weighted by Crippen LogP contribution is 2.29. The molecule has 1 aromatic rings. The van der Waals surface area contributed by atoms with Crippen LogP contribution in [-0.2, 0) is 4.79 Å². The Balaban J connectivity index is 2.21. The third kappa shape index (κ3) is 16.1. The maximum Gasteiger partial charge on any atom is 0.228 e. The molecular weight excluding hydrogens is 565 g/mol. The Morgan fingerprint density at radius 3 is 1.85 bits per heavy atom. The molecule has 0 saturated heterocycles. The van der Waals surface area contributed by atoms with Gasteiger partial charge in [0.05, 0.1) is 0 Å². The number of rotatable bonds is 16. The van der Waals surface area contributed by atoms with Gasteiger partial charge in [-0.1, -0.05) is 128 Å². The van der Waals surface area contributed by atoms with Crippen molar-refractivity contribution in [2.45, 2.75) is 100 Å². The lowest BCUT2D eigenvalue weighted by Crippen LogP contribution is -2.56. The molecule has 1 atom stereocenters. The van der Waals surface area contributed by atoms with E-state index in [-0.39, 0.29) is 11.0 Å². The van der Waals surface area contributed by atoms with E-state index >= 15 is 0 Å². The Kier molecular flexibility index (Phi) is 16.8. The minimum Gasteiger partial charge on any atom is -0.339 e. The third-order valence-corrected chi connectivity index (χ3v) is 6.67. The van der Waals surface area contributed by atoms with Gasteiger partial charge in [-0.3, -0.25) is 4.79 Å². The first kappa shape index (κ1) is 30.8. The summed E-state index contributed by atoms with van der Waals surface area (Å²) in [6, 6.07) is 7.48. The van der Waals surface area contributed by atoms with E-state index in [2.05, 4.69) is 38.8 Å². The van der Waals surface area contributed by atoms with Crippen LogP contribution in [0.5, 0.6) is 0 Å². The summed E-state index contributed by atoms with van der Waals surface area (Å²) in [5.41, 5.74) is 0.779. The molecule has 0 bridgehead atoms. The summed E-state index contributed by atoms with van der Waals surface area (Å²) >= 11 is 26.8. The molecule has 0 aliphatic heterocycles. The highest BCUT2D eigenvalue weighted by molar-refractivity contribution is 9.10. The van der Waals surface area contributed by atoms with Crippen molar-refractivity contribution >= 4 is 79.7 Å². The van der Waals surface area contributed by atoms with Gasteiger partial charge in [0.2, 0.25) is 9.70 Å². The standard InChI is InChI=1S/C24H37BrCl3N3OS/c1-2-3-4-5-6-7-8-9-10-11-12-13-14-21(32)30-22(24(26,27)28)31-23(33)29-20-17-15-19(25)16-18-20/h15-18,22H,2-14H2,1H3,(H,30,32)(H2,29,31,33)/t22-/m1/s1. The molecule has 1 aromatic carbocycles. The number of benzene rings is 1. The normalized spacial score (nSPS) is 12.3. The summed E-state index contributed by atoms with van der Waals surface area (Å²) in [5, 5.41) is 8.88. The maximum atomic E-state index is 12.4. The highest BCUT2D eigenvalue weighted by Gasteiger charge is 2.34. The van der Waals surface area contributed by atoms with Gasteiger partial charge < -0.3 is 16.0 Å². The van der Waals surface area contributed by atoms with Crippen molar-refractivity contribution in [1.29, 1.82) is 0 Å². The Labute approximate surface area is 228 Å². The number of anilines is 1. The largest absolute Gasteiger partial charge is 0.339 e. The molecule has 0 spiro atoms. The molecule has 1 amide bonds. The van der Waals surface area contributed by atoms with Gasteiger partial charge in [-0.05, 0) is 42.9 Å². The van der Waals surface area contributed by atoms with E-state index in [1.165, 1.54) is 57.8 Å². The number of amides is 1. The summed E-state index contributed by atoms with van der Waals surface area (Å²) in [4.78, 5) is 12.4. The van der Waals surface area contributed by atoms with Crippen molar-refractivity contribution in [1.82, 2.24) is 10.6 Å². The summed E-state index contributed by atoms with van der Waals surface area (Å²) in [6.45, 7) is 2.25. The van der Waals surface area contributed by atoms with Crippen LogP contribution in [0.15, 0.2) is 28.7 Å². The number of carbonyl (C=O) groups excluding carboxylic acids is 1. The zero-order valence-corrected chi connectivity index (χ0v) is 24.1. The summed E-state index contributed by atoms with van der Waals surface area (Å²) < 4.78 is -0.798. The molecular formula is C24H37BrCl3N3OS. The summed E-state index contributed by atoms with van der Waals surface area (Å²) in [6.07, 6.45) is 14.4. The minimum absolute atomic E-state index is 0.169. The zero-order valence-electron chi connectivity index (χ0n) is 19.4. The second-order valence-electron chi connectivity index (χ2n) is 8.29. The molecule has 0 aliphatic carbocycles. The fourth-order valence-corrected chi connectivity index (χ4v) is 4.22. The molecule has 3 N–H and O–H groups in total. The molecule has 4 nitrogen and oxygen atoms in total. The van der Waals surface area contributed by atoms with Gasteiger partial charge in [-0.25, -0.2) is 0 Å². The van der Waals surface area contributed by atoms with Crippen LogP contribution in [0.4, 0.5) is 5.69 Å². The van der Waals surface area contributed by atoms with Crippen LogP contribution in [0.2, 0.25) is 0 Å². The van der Waals surface area contributed by atoms with Gasteiger partial charge in [0, 0.05) is 16.6 Å². The van der Waals surface area contributed by atoms with E-state index in [4.69, 9.17) is 47.0 Å². The van der Waals surface area contributed by atoms with E-state index < -0.39 is 9.96 Å². The molecule has 0 fully saturated rings. The minimum atomic E-state index is -1.75. The first-order valence-electron chi connectivity index (χ1n) is 11.9. The van der Waals surface area contributed by atoms with Gasteiger partial charge in [-0.15, -0.1) is 0 Å². The van der Waals surface area contributed by atoms with E-state index in [1.54, 1.807) is 0 Å². The Hall–Kier alpha value is -0.270. The molecule has 0 aromatic heterocycles. The topological polar surface area (TPSA) is 53.2 Å². The van der Waals surface area contributed by atoms with E-state index in [0.717, 1.165) is 29.4 Å². The van der Waals surface area contributed by atoms with Gasteiger partial charge in [0.1, 0.15) is 6.17 Å². The first-order chi connectivity index (χ1) is 15.7. The first-order valence-corrected chi connectivity index (χ1v) is 14.2. The molecule has 9 heteroatoms. The number of hydrogen-bond donors (Lipinski definition) is 3. The summed E-state index contributed by atoms with van der Waals surface area (Å²) in [7, 11) is 0. The van der Waals surface area contributed by atoms with Gasteiger partial charge in [-0.2, -0.15) is 0 Å². The van der Waals surface area contributed by atoms with Crippen molar-refractivity contribution in [3.05, 3.63) is 28.7 Å². The number of unbranched alkanes of at least 4 members (excludes halogenated alkanes) is 11. The molecule has 0 radical (unpaired) electrons. The lowest BCUT2D eigenvalue weighted by Gasteiger charge is -2.27. The quantitative estimate of drug-likeness (QED) is 0.0768. The lowest BCUT2D eigenvalue weighted by atomic mass is 10.0. The number of thiocarbonyl (C=S) groups is 1. The summed E-state index contributed by atoms with van der Waals surface area (Å²) in [5.74, 6) is -0.169. The second-order valence-corrected chi connectivity index (χ2v) is 12.0. The van der Waals surface area contributed by atoms with Crippen molar-refractivity contribution in [2.24, 2.45) is 0 Å². The molecule has 0 saturated carbocycles. The fourth-order valence-electron chi connectivity index (χ4n) is 3.39. The molecule has 0 heterocycles. The van der Waals surface area contributed by atoms with Crippen LogP contribution in [0.3, 0.4) is 0 Å². The average Bonchev–Trinajstić information content (AvgIpc) is 2.75. The second kappa shape index (κ2) is 18.1. The van der Waals surface area contributed by atoms with Crippen molar-refractivity contribution < 1.29 is 4.79 Å². The van der Waals surface area contributed by atoms with Crippen LogP contribution >= 0.6 is 63.0 Å². The van der Waals surface area contributed by atoms with Crippen molar-refractivity contribution in [3.63, 3.8) is 0 Å². The third-order valence-electron chi connectivity index (χ3n) is 5.27. The van der Waals surface area contributed by atoms with Crippen LogP contribution in [0.1, 0.15) is 90.4 Å². The van der Waals surface area contributed by atoms with E-state index in [9.17, 15) is 4.79 Å². The van der Waals surface area contributed by atoms with Crippen LogP contribution in [0.25, 0.3) is 0 Å². The maximum absolute atomic E-state index is 12.4. The molecule has 0 aliphatic rings. The zero-order chi connectivity index (χ0) is 24.5. The lowest BCUT2D eigenvalue weighted by molar-refractivity contribution is -0.122. The van der Waals surface area contributed by atoms with E-state index in [1.807, 2.05) is 24.3 Å². The predicted molar refractivity (Wildman–Crippen MR) is 151 cm³/mol. The predicted octanol–water partition coefficient (Wildman–Crippen LogP) is 8.64. The molecule has 33 heavy (non-hydrogen) atoms. The average molecular weight is 602 g/mol. The molecule has 0 unspecified atom stereocenters. The number of carbonyl (C=O) groups is 1. The van der Waals surface area contributed by atoms with Crippen LogP contribution in [-0.4, -0.2) is 21.0 Å². The number of hydrogen-bond acceptors (Lipinski definition) is 2.